The summed E-state index contributed by atoms with van der Waals surface area (Å²) in [6.45, 7) is 6.75. The standard InChI is InChI=1S/C20H25N/c1-14(2)16-9-11-17(12-10-16)15(3)21-20-13-19(20)18-7-5-4-6-8-18/h4-12,14-15,19-21H,13H2,1-3H3. The zero-order chi connectivity index (χ0) is 14.8. The van der Waals surface area contributed by atoms with Crippen LogP contribution in [0.2, 0.25) is 0 Å². The third-order valence-electron chi connectivity index (χ3n) is 4.59. The lowest BCUT2D eigenvalue weighted by molar-refractivity contribution is 0.562. The Kier molecular flexibility index (Phi) is 4.12. The van der Waals surface area contributed by atoms with Crippen molar-refractivity contribution >= 4 is 0 Å². The first-order valence-corrected chi connectivity index (χ1v) is 8.06. The molecule has 3 rings (SSSR count). The SMILES string of the molecule is CC(C)c1ccc(C(C)NC2CC2c2ccccc2)cc1. The summed E-state index contributed by atoms with van der Waals surface area (Å²) in [5.74, 6) is 1.30. The minimum atomic E-state index is 0.421. The molecule has 3 atom stereocenters. The van der Waals surface area contributed by atoms with Crippen LogP contribution in [-0.2, 0) is 0 Å². The van der Waals surface area contributed by atoms with Gasteiger partial charge in [-0.3, -0.25) is 0 Å². The first-order chi connectivity index (χ1) is 10.1. The van der Waals surface area contributed by atoms with Crippen molar-refractivity contribution < 1.29 is 0 Å². The Bertz CT molecular complexity index is 571. The molecule has 1 heteroatoms. The van der Waals surface area contributed by atoms with Gasteiger partial charge in [-0.25, -0.2) is 0 Å². The molecule has 0 aliphatic heterocycles. The zero-order valence-corrected chi connectivity index (χ0v) is 13.2. The zero-order valence-electron chi connectivity index (χ0n) is 13.2. The topological polar surface area (TPSA) is 12.0 Å². The third-order valence-corrected chi connectivity index (χ3v) is 4.59. The van der Waals surface area contributed by atoms with E-state index in [1.165, 1.54) is 23.1 Å². The smallest absolute Gasteiger partial charge is 0.0294 e. The molecule has 1 saturated carbocycles. The molecule has 0 radical (unpaired) electrons. The van der Waals surface area contributed by atoms with Crippen molar-refractivity contribution in [2.75, 3.05) is 0 Å². The number of hydrogen-bond acceptors (Lipinski definition) is 1. The van der Waals surface area contributed by atoms with Crippen LogP contribution in [0, 0.1) is 0 Å². The molecule has 1 N–H and O–H groups in total. The molecule has 0 heterocycles. The molecule has 2 aromatic carbocycles. The Hall–Kier alpha value is -1.60. The van der Waals surface area contributed by atoms with E-state index in [2.05, 4.69) is 80.7 Å². The summed E-state index contributed by atoms with van der Waals surface area (Å²) >= 11 is 0. The molecule has 21 heavy (non-hydrogen) atoms. The molecule has 1 aliphatic carbocycles. The number of nitrogens with one attached hydrogen (secondary N) is 1. The Morgan fingerprint density at radius 1 is 0.857 bits per heavy atom. The fraction of sp³-hybridized carbons (Fsp3) is 0.400. The first-order valence-electron chi connectivity index (χ1n) is 8.06. The van der Waals surface area contributed by atoms with Crippen LogP contribution in [0.1, 0.15) is 61.8 Å². The van der Waals surface area contributed by atoms with Crippen LogP contribution in [0.4, 0.5) is 0 Å². The fourth-order valence-corrected chi connectivity index (χ4v) is 3.03. The minimum absolute atomic E-state index is 0.421. The second kappa shape index (κ2) is 6.03. The highest BCUT2D eigenvalue weighted by atomic mass is 15.0. The first kappa shape index (κ1) is 14.3. The summed E-state index contributed by atoms with van der Waals surface area (Å²) in [5.41, 5.74) is 4.27. The van der Waals surface area contributed by atoms with Crippen LogP contribution >= 0.6 is 0 Å². The highest BCUT2D eigenvalue weighted by molar-refractivity contribution is 5.30. The normalized spacial score (nSPS) is 22.3. The van der Waals surface area contributed by atoms with E-state index < -0.39 is 0 Å². The number of benzene rings is 2. The molecule has 0 bridgehead atoms. The van der Waals surface area contributed by atoms with E-state index in [1.54, 1.807) is 0 Å². The molecular weight excluding hydrogens is 254 g/mol. The van der Waals surface area contributed by atoms with Crippen molar-refractivity contribution in [2.45, 2.75) is 51.1 Å². The lowest BCUT2D eigenvalue weighted by atomic mass is 9.99. The summed E-state index contributed by atoms with van der Waals surface area (Å²) in [5, 5.41) is 3.77. The van der Waals surface area contributed by atoms with Gasteiger partial charge < -0.3 is 5.32 Å². The Morgan fingerprint density at radius 2 is 1.48 bits per heavy atom. The summed E-state index contributed by atoms with van der Waals surface area (Å²) in [6.07, 6.45) is 1.26. The molecule has 110 valence electrons. The van der Waals surface area contributed by atoms with E-state index >= 15 is 0 Å². The van der Waals surface area contributed by atoms with E-state index in [0.717, 1.165) is 0 Å². The van der Waals surface area contributed by atoms with Crippen LogP contribution < -0.4 is 5.32 Å². The molecule has 1 nitrogen and oxygen atoms in total. The molecule has 1 fully saturated rings. The third kappa shape index (κ3) is 3.36. The van der Waals surface area contributed by atoms with E-state index in [-0.39, 0.29) is 0 Å². The largest absolute Gasteiger partial charge is 0.307 e. The second-order valence-electron chi connectivity index (χ2n) is 6.57. The highest BCUT2D eigenvalue weighted by Crippen LogP contribution is 2.41. The van der Waals surface area contributed by atoms with Crippen molar-refractivity contribution in [3.05, 3.63) is 71.3 Å². The fourth-order valence-electron chi connectivity index (χ4n) is 3.03. The van der Waals surface area contributed by atoms with Gasteiger partial charge in [0.25, 0.3) is 0 Å². The van der Waals surface area contributed by atoms with E-state index in [0.29, 0.717) is 23.9 Å². The summed E-state index contributed by atoms with van der Waals surface area (Å²) < 4.78 is 0. The van der Waals surface area contributed by atoms with Gasteiger partial charge in [0.05, 0.1) is 0 Å². The van der Waals surface area contributed by atoms with Gasteiger partial charge in [0.1, 0.15) is 0 Å². The van der Waals surface area contributed by atoms with Crippen LogP contribution in [-0.4, -0.2) is 6.04 Å². The van der Waals surface area contributed by atoms with Crippen molar-refractivity contribution in [1.29, 1.82) is 0 Å². The molecule has 1 aliphatic rings. The van der Waals surface area contributed by atoms with Crippen molar-refractivity contribution in [1.82, 2.24) is 5.32 Å². The van der Waals surface area contributed by atoms with E-state index in [9.17, 15) is 0 Å². The Morgan fingerprint density at radius 3 is 2.10 bits per heavy atom. The van der Waals surface area contributed by atoms with Crippen LogP contribution in [0.15, 0.2) is 54.6 Å². The maximum atomic E-state index is 3.77. The molecule has 0 amide bonds. The van der Waals surface area contributed by atoms with Gasteiger partial charge in [-0.2, -0.15) is 0 Å². The highest BCUT2D eigenvalue weighted by Gasteiger charge is 2.38. The predicted molar refractivity (Wildman–Crippen MR) is 89.7 cm³/mol. The summed E-state index contributed by atoms with van der Waals surface area (Å²) in [4.78, 5) is 0. The molecule has 0 saturated heterocycles. The number of hydrogen-bond donors (Lipinski definition) is 1. The van der Waals surface area contributed by atoms with Gasteiger partial charge >= 0.3 is 0 Å². The Balaban J connectivity index is 1.59. The average molecular weight is 279 g/mol. The monoisotopic (exact) mass is 279 g/mol. The van der Waals surface area contributed by atoms with Gasteiger partial charge in [0.15, 0.2) is 0 Å². The van der Waals surface area contributed by atoms with Crippen molar-refractivity contribution in [3.63, 3.8) is 0 Å². The van der Waals surface area contributed by atoms with Gasteiger partial charge in [-0.1, -0.05) is 68.4 Å². The molecule has 0 aromatic heterocycles. The maximum absolute atomic E-state index is 3.77. The van der Waals surface area contributed by atoms with Gasteiger partial charge in [-0.05, 0) is 36.0 Å². The van der Waals surface area contributed by atoms with Gasteiger partial charge in [0.2, 0.25) is 0 Å². The second-order valence-corrected chi connectivity index (χ2v) is 6.57. The van der Waals surface area contributed by atoms with Crippen LogP contribution in [0.3, 0.4) is 0 Å². The van der Waals surface area contributed by atoms with E-state index in [1.807, 2.05) is 0 Å². The quantitative estimate of drug-likeness (QED) is 0.810. The van der Waals surface area contributed by atoms with Crippen LogP contribution in [0.25, 0.3) is 0 Å². The molecule has 2 aromatic rings. The van der Waals surface area contributed by atoms with Gasteiger partial charge in [-0.15, -0.1) is 0 Å². The Labute approximate surface area is 128 Å². The molecular formula is C20H25N. The van der Waals surface area contributed by atoms with Crippen molar-refractivity contribution in [3.8, 4) is 0 Å². The molecule has 0 spiro atoms. The summed E-state index contributed by atoms with van der Waals surface area (Å²) in [7, 11) is 0. The lowest BCUT2D eigenvalue weighted by Crippen LogP contribution is -2.22. The van der Waals surface area contributed by atoms with Crippen LogP contribution in [0.5, 0.6) is 0 Å². The summed E-state index contributed by atoms with van der Waals surface area (Å²) in [6, 6.07) is 21.0. The average Bonchev–Trinajstić information content (AvgIpc) is 3.27. The lowest BCUT2D eigenvalue weighted by Gasteiger charge is -2.15. The maximum Gasteiger partial charge on any atom is 0.0294 e. The van der Waals surface area contributed by atoms with Crippen molar-refractivity contribution in [2.24, 2.45) is 0 Å². The molecule has 3 unspecified atom stereocenters. The predicted octanol–water partition coefficient (Wildman–Crippen LogP) is 5.02. The van der Waals surface area contributed by atoms with Gasteiger partial charge in [0, 0.05) is 18.0 Å². The number of rotatable bonds is 5. The minimum Gasteiger partial charge on any atom is -0.307 e. The van der Waals surface area contributed by atoms with E-state index in [4.69, 9.17) is 0 Å².